The zero-order chi connectivity index (χ0) is 24.1. The molecule has 36 heavy (non-hydrogen) atoms. The summed E-state index contributed by atoms with van der Waals surface area (Å²) in [5.74, 6) is 0. The van der Waals surface area contributed by atoms with Gasteiger partial charge in [0.25, 0.3) is 0 Å². The average molecular weight is 461 g/mol. The van der Waals surface area contributed by atoms with Crippen LogP contribution >= 0.6 is 0 Å². The van der Waals surface area contributed by atoms with Crippen LogP contribution in [0.3, 0.4) is 0 Å². The highest BCUT2D eigenvalue weighted by atomic mass is 15.0. The van der Waals surface area contributed by atoms with Crippen molar-refractivity contribution in [3.05, 3.63) is 133 Å². The van der Waals surface area contributed by atoms with Gasteiger partial charge in [-0.1, -0.05) is 85.5 Å². The summed E-state index contributed by atoms with van der Waals surface area (Å²) >= 11 is 0. The molecule has 0 saturated heterocycles. The molecule has 0 amide bonds. The monoisotopic (exact) mass is 460 g/mol. The Hall–Kier alpha value is -4.82. The number of rotatable bonds is 4. The fourth-order valence-electron chi connectivity index (χ4n) is 5.46. The van der Waals surface area contributed by atoms with Gasteiger partial charge >= 0.3 is 0 Å². The number of H-pyrrole nitrogens is 1. The van der Waals surface area contributed by atoms with E-state index < -0.39 is 0 Å². The van der Waals surface area contributed by atoms with Gasteiger partial charge in [-0.05, 0) is 65.2 Å². The molecule has 0 radical (unpaired) electrons. The number of aromatic nitrogens is 2. The first-order valence-corrected chi connectivity index (χ1v) is 12.2. The number of para-hydroxylation sites is 3. The summed E-state index contributed by atoms with van der Waals surface area (Å²) < 4.78 is 2.36. The minimum atomic E-state index is 1.16. The second-order valence-corrected chi connectivity index (χ2v) is 9.17. The molecule has 0 saturated carbocycles. The van der Waals surface area contributed by atoms with Crippen molar-refractivity contribution in [2.45, 2.75) is 0 Å². The van der Waals surface area contributed by atoms with Gasteiger partial charge in [0, 0.05) is 38.3 Å². The largest absolute Gasteiger partial charge is 0.355 e. The highest BCUT2D eigenvalue weighted by molar-refractivity contribution is 6.12. The molecule has 0 aliphatic heterocycles. The summed E-state index contributed by atoms with van der Waals surface area (Å²) in [7, 11) is 0. The number of nitrogens with one attached hydrogen (secondary N) is 1. The van der Waals surface area contributed by atoms with E-state index in [1.807, 2.05) is 12.2 Å². The van der Waals surface area contributed by atoms with Gasteiger partial charge in [0.2, 0.25) is 0 Å². The molecule has 0 unspecified atom stereocenters. The Labute approximate surface area is 209 Å². The Kier molecular flexibility index (Phi) is 4.65. The lowest BCUT2D eigenvalue weighted by Crippen LogP contribution is -1.94. The summed E-state index contributed by atoms with van der Waals surface area (Å²) in [4.78, 5) is 3.55. The highest BCUT2D eigenvalue weighted by Gasteiger charge is 2.16. The van der Waals surface area contributed by atoms with E-state index in [0.29, 0.717) is 0 Å². The van der Waals surface area contributed by atoms with Crippen molar-refractivity contribution in [1.29, 1.82) is 0 Å². The number of nitrogens with zero attached hydrogens (tertiary/aromatic N) is 1. The molecule has 0 aliphatic rings. The van der Waals surface area contributed by atoms with Crippen molar-refractivity contribution < 1.29 is 0 Å². The SMILES string of the molecule is C=C/C=C\c1cc2c(cc1-c1ccc3[nH]c4ccccc4c3c1)c1ccccc1n2-c1ccccc1. The summed E-state index contributed by atoms with van der Waals surface area (Å²) in [5, 5.41) is 5.00. The fraction of sp³-hybridized carbons (Fsp3) is 0. The summed E-state index contributed by atoms with van der Waals surface area (Å²) in [6, 6.07) is 39.2. The van der Waals surface area contributed by atoms with Crippen LogP contribution in [0.1, 0.15) is 5.56 Å². The van der Waals surface area contributed by atoms with Gasteiger partial charge in [-0.2, -0.15) is 0 Å². The molecular weight excluding hydrogens is 436 g/mol. The van der Waals surface area contributed by atoms with E-state index in [9.17, 15) is 0 Å². The van der Waals surface area contributed by atoms with Crippen LogP contribution in [-0.2, 0) is 0 Å². The van der Waals surface area contributed by atoms with Crippen LogP contribution in [-0.4, -0.2) is 9.55 Å². The van der Waals surface area contributed by atoms with Gasteiger partial charge < -0.3 is 9.55 Å². The lowest BCUT2D eigenvalue weighted by Gasteiger charge is -2.11. The smallest absolute Gasteiger partial charge is 0.0547 e. The second kappa shape index (κ2) is 8.14. The van der Waals surface area contributed by atoms with Gasteiger partial charge in [-0.15, -0.1) is 0 Å². The molecule has 2 nitrogen and oxygen atoms in total. The zero-order valence-corrected chi connectivity index (χ0v) is 19.8. The normalized spacial score (nSPS) is 11.9. The number of allylic oxidation sites excluding steroid dienone is 2. The number of fused-ring (bicyclic) bond motifs is 6. The maximum Gasteiger partial charge on any atom is 0.0547 e. The first-order chi connectivity index (χ1) is 17.8. The molecule has 0 fully saturated rings. The van der Waals surface area contributed by atoms with Gasteiger partial charge in [0.15, 0.2) is 0 Å². The fourth-order valence-corrected chi connectivity index (χ4v) is 5.46. The van der Waals surface area contributed by atoms with Crippen LogP contribution in [0.25, 0.3) is 66.5 Å². The van der Waals surface area contributed by atoms with Gasteiger partial charge in [0.05, 0.1) is 11.0 Å². The molecule has 0 aliphatic carbocycles. The molecule has 2 aromatic heterocycles. The van der Waals surface area contributed by atoms with Gasteiger partial charge in [0.1, 0.15) is 0 Å². The third-order valence-electron chi connectivity index (χ3n) is 7.09. The first-order valence-electron chi connectivity index (χ1n) is 12.2. The van der Waals surface area contributed by atoms with Crippen LogP contribution in [0.4, 0.5) is 0 Å². The molecule has 7 aromatic rings. The lowest BCUT2D eigenvalue weighted by atomic mass is 9.95. The second-order valence-electron chi connectivity index (χ2n) is 9.17. The van der Waals surface area contributed by atoms with E-state index in [1.165, 1.54) is 49.3 Å². The van der Waals surface area contributed by atoms with Crippen molar-refractivity contribution in [2.24, 2.45) is 0 Å². The molecule has 7 rings (SSSR count). The number of benzene rings is 5. The van der Waals surface area contributed by atoms with E-state index in [-0.39, 0.29) is 0 Å². The molecule has 170 valence electrons. The van der Waals surface area contributed by atoms with Crippen molar-refractivity contribution in [3.63, 3.8) is 0 Å². The third-order valence-corrected chi connectivity index (χ3v) is 7.09. The molecule has 0 atom stereocenters. The molecule has 0 spiro atoms. The lowest BCUT2D eigenvalue weighted by molar-refractivity contribution is 1.18. The van der Waals surface area contributed by atoms with Crippen LogP contribution in [0.5, 0.6) is 0 Å². The van der Waals surface area contributed by atoms with Crippen molar-refractivity contribution >= 4 is 49.7 Å². The van der Waals surface area contributed by atoms with Crippen LogP contribution in [0.15, 0.2) is 128 Å². The van der Waals surface area contributed by atoms with E-state index in [0.717, 1.165) is 16.7 Å². The number of hydrogen-bond acceptors (Lipinski definition) is 0. The average Bonchev–Trinajstić information content (AvgIpc) is 3.46. The Morgan fingerprint density at radius 3 is 2.22 bits per heavy atom. The molecule has 2 heteroatoms. The number of hydrogen-bond donors (Lipinski definition) is 1. The summed E-state index contributed by atoms with van der Waals surface area (Å²) in [5.41, 5.74) is 9.47. The van der Waals surface area contributed by atoms with Crippen molar-refractivity contribution in [3.8, 4) is 16.8 Å². The van der Waals surface area contributed by atoms with E-state index >= 15 is 0 Å². The molecule has 5 aromatic carbocycles. The molecular formula is C34H24N2. The van der Waals surface area contributed by atoms with E-state index in [4.69, 9.17) is 0 Å². The topological polar surface area (TPSA) is 20.7 Å². The minimum absolute atomic E-state index is 1.16. The van der Waals surface area contributed by atoms with Gasteiger partial charge in [-0.25, -0.2) is 0 Å². The predicted molar refractivity (Wildman–Crippen MR) is 155 cm³/mol. The standard InChI is InChI=1S/C34H24N2/c1-2-3-11-23-21-34-30(27-15-8-10-17-33(27)36(34)25-12-5-4-6-13-25)22-28(23)24-18-19-32-29(20-24)26-14-7-9-16-31(26)35-32/h2-22,35H,1H2/b11-3-. The predicted octanol–water partition coefficient (Wildman–Crippen LogP) is 9.28. The van der Waals surface area contributed by atoms with E-state index in [2.05, 4.69) is 131 Å². The Balaban J connectivity index is 1.56. The summed E-state index contributed by atoms with van der Waals surface area (Å²) in [6.45, 7) is 3.91. The third kappa shape index (κ3) is 3.12. The quantitative estimate of drug-likeness (QED) is 0.253. The first kappa shape index (κ1) is 20.5. The maximum absolute atomic E-state index is 3.91. The molecule has 2 heterocycles. The van der Waals surface area contributed by atoms with Crippen LogP contribution in [0, 0.1) is 0 Å². The molecule has 1 N–H and O–H groups in total. The zero-order valence-electron chi connectivity index (χ0n) is 19.8. The maximum atomic E-state index is 3.91. The van der Waals surface area contributed by atoms with Crippen LogP contribution in [0.2, 0.25) is 0 Å². The Morgan fingerprint density at radius 2 is 1.36 bits per heavy atom. The summed E-state index contributed by atoms with van der Waals surface area (Å²) in [6.07, 6.45) is 6.02. The Bertz CT molecular complexity index is 1950. The highest BCUT2D eigenvalue weighted by Crippen LogP contribution is 2.38. The van der Waals surface area contributed by atoms with Crippen LogP contribution < -0.4 is 0 Å². The minimum Gasteiger partial charge on any atom is -0.355 e. The van der Waals surface area contributed by atoms with Crippen molar-refractivity contribution in [2.75, 3.05) is 0 Å². The molecule has 0 bridgehead atoms. The van der Waals surface area contributed by atoms with E-state index in [1.54, 1.807) is 0 Å². The van der Waals surface area contributed by atoms with Gasteiger partial charge in [-0.3, -0.25) is 0 Å². The Morgan fingerprint density at radius 1 is 0.611 bits per heavy atom. The number of aromatic amines is 1. The van der Waals surface area contributed by atoms with Crippen molar-refractivity contribution in [1.82, 2.24) is 9.55 Å².